The van der Waals surface area contributed by atoms with E-state index < -0.39 is 0 Å². The Bertz CT molecular complexity index is 1430. The van der Waals surface area contributed by atoms with Crippen molar-refractivity contribution in [1.29, 1.82) is 0 Å². The number of hydrogen-bond acceptors (Lipinski definition) is 4. The fraction of sp³-hybridized carbons (Fsp3) is 0.0741. The van der Waals surface area contributed by atoms with Gasteiger partial charge in [0.15, 0.2) is 5.43 Å². The van der Waals surface area contributed by atoms with E-state index in [0.29, 0.717) is 29.1 Å². The second kappa shape index (κ2) is 8.00. The highest BCUT2D eigenvalue weighted by atomic mass is 16.5. The van der Waals surface area contributed by atoms with Crippen LogP contribution in [0.4, 0.5) is 0 Å². The molecule has 0 aliphatic carbocycles. The van der Waals surface area contributed by atoms with Crippen LogP contribution in [-0.4, -0.2) is 7.11 Å². The fourth-order valence-corrected chi connectivity index (χ4v) is 3.70. The van der Waals surface area contributed by atoms with Crippen LogP contribution in [-0.2, 0) is 6.61 Å². The Morgan fingerprint density at radius 1 is 0.774 bits per heavy atom. The van der Waals surface area contributed by atoms with Crippen LogP contribution in [0.15, 0.2) is 100 Å². The highest BCUT2D eigenvalue weighted by molar-refractivity contribution is 5.85. The van der Waals surface area contributed by atoms with Crippen LogP contribution in [0.5, 0.6) is 11.5 Å². The fourth-order valence-electron chi connectivity index (χ4n) is 3.70. The minimum atomic E-state index is -0.109. The van der Waals surface area contributed by atoms with E-state index in [4.69, 9.17) is 13.9 Å². The van der Waals surface area contributed by atoms with Crippen LogP contribution < -0.4 is 14.9 Å². The van der Waals surface area contributed by atoms with Gasteiger partial charge in [0.05, 0.1) is 12.5 Å². The van der Waals surface area contributed by atoms with E-state index in [1.807, 2.05) is 48.5 Å². The van der Waals surface area contributed by atoms with Crippen LogP contribution in [0.2, 0.25) is 0 Å². The molecule has 4 aromatic carbocycles. The lowest BCUT2D eigenvalue weighted by atomic mass is 10.1. The summed E-state index contributed by atoms with van der Waals surface area (Å²) in [6, 6.07) is 28.6. The first-order valence-corrected chi connectivity index (χ1v) is 10.0. The zero-order chi connectivity index (χ0) is 21.2. The SMILES string of the molecule is COc1ccc(-c2cc(=O)c3cc(OCc4cccc5ccccc45)ccc3o2)cc1. The number of benzene rings is 4. The summed E-state index contributed by atoms with van der Waals surface area (Å²) in [5.74, 6) is 1.90. The van der Waals surface area contributed by atoms with E-state index in [0.717, 1.165) is 22.3 Å². The molecule has 0 N–H and O–H groups in total. The van der Waals surface area contributed by atoms with Gasteiger partial charge in [-0.1, -0.05) is 42.5 Å². The molecule has 31 heavy (non-hydrogen) atoms. The van der Waals surface area contributed by atoms with E-state index in [2.05, 4.69) is 24.3 Å². The molecule has 0 amide bonds. The molecule has 0 unspecified atom stereocenters. The van der Waals surface area contributed by atoms with Crippen molar-refractivity contribution >= 4 is 21.7 Å². The first-order chi connectivity index (χ1) is 15.2. The maximum absolute atomic E-state index is 12.8. The molecule has 1 heterocycles. The molecule has 0 atom stereocenters. The van der Waals surface area contributed by atoms with Gasteiger partial charge in [0, 0.05) is 11.6 Å². The smallest absolute Gasteiger partial charge is 0.193 e. The average Bonchev–Trinajstić information content (AvgIpc) is 2.83. The third-order valence-electron chi connectivity index (χ3n) is 5.35. The third kappa shape index (κ3) is 3.76. The standard InChI is InChI=1S/C27H20O4/c1-29-21-11-9-19(10-12-21)27-16-25(28)24-15-22(13-14-26(24)31-27)30-17-20-7-4-6-18-5-2-3-8-23(18)20/h2-16H,17H2,1H3. The Morgan fingerprint density at radius 2 is 1.55 bits per heavy atom. The van der Waals surface area contributed by atoms with Crippen molar-refractivity contribution in [2.75, 3.05) is 7.11 Å². The summed E-state index contributed by atoms with van der Waals surface area (Å²) in [7, 11) is 1.62. The lowest BCUT2D eigenvalue weighted by Crippen LogP contribution is -2.02. The summed E-state index contributed by atoms with van der Waals surface area (Å²) in [5.41, 5.74) is 2.33. The second-order valence-electron chi connectivity index (χ2n) is 7.29. The second-order valence-corrected chi connectivity index (χ2v) is 7.29. The number of rotatable bonds is 5. The molecule has 0 aliphatic heterocycles. The maximum atomic E-state index is 12.8. The summed E-state index contributed by atoms with van der Waals surface area (Å²) in [5, 5.41) is 2.83. The van der Waals surface area contributed by atoms with Gasteiger partial charge in [-0.05, 0) is 58.8 Å². The van der Waals surface area contributed by atoms with Crippen molar-refractivity contribution in [2.45, 2.75) is 6.61 Å². The molecular weight excluding hydrogens is 388 g/mol. The minimum Gasteiger partial charge on any atom is -0.497 e. The molecule has 0 saturated heterocycles. The molecule has 0 aliphatic rings. The van der Waals surface area contributed by atoms with Crippen LogP contribution in [0, 0.1) is 0 Å². The van der Waals surface area contributed by atoms with E-state index in [9.17, 15) is 4.79 Å². The van der Waals surface area contributed by atoms with Crippen LogP contribution in [0.3, 0.4) is 0 Å². The molecule has 152 valence electrons. The predicted octanol–water partition coefficient (Wildman–Crippen LogP) is 6.20. The molecule has 0 radical (unpaired) electrons. The maximum Gasteiger partial charge on any atom is 0.193 e. The Balaban J connectivity index is 1.43. The zero-order valence-electron chi connectivity index (χ0n) is 17.0. The molecule has 4 nitrogen and oxygen atoms in total. The molecule has 0 fully saturated rings. The van der Waals surface area contributed by atoms with Gasteiger partial charge < -0.3 is 13.9 Å². The molecule has 4 heteroatoms. The van der Waals surface area contributed by atoms with Crippen molar-refractivity contribution in [2.24, 2.45) is 0 Å². The number of hydrogen-bond donors (Lipinski definition) is 0. The number of ether oxygens (including phenoxy) is 2. The Labute approximate surface area is 179 Å². The lowest BCUT2D eigenvalue weighted by Gasteiger charge is -2.10. The van der Waals surface area contributed by atoms with Crippen LogP contribution in [0.25, 0.3) is 33.1 Å². The summed E-state index contributed by atoms with van der Waals surface area (Å²) in [6.07, 6.45) is 0. The normalized spacial score (nSPS) is 11.0. The molecular formula is C27H20O4. The Kier molecular flexibility index (Phi) is 4.89. The van der Waals surface area contributed by atoms with E-state index in [-0.39, 0.29) is 5.43 Å². The van der Waals surface area contributed by atoms with Gasteiger partial charge in [0.25, 0.3) is 0 Å². The highest BCUT2D eigenvalue weighted by Gasteiger charge is 2.09. The minimum absolute atomic E-state index is 0.109. The zero-order valence-corrected chi connectivity index (χ0v) is 17.0. The number of fused-ring (bicyclic) bond motifs is 2. The summed E-state index contributed by atoms with van der Waals surface area (Å²) in [4.78, 5) is 12.8. The van der Waals surface area contributed by atoms with E-state index in [1.54, 1.807) is 19.2 Å². The van der Waals surface area contributed by atoms with Crippen LogP contribution >= 0.6 is 0 Å². The molecule has 0 saturated carbocycles. The van der Waals surface area contributed by atoms with Gasteiger partial charge in [-0.15, -0.1) is 0 Å². The van der Waals surface area contributed by atoms with Crippen molar-refractivity contribution in [3.8, 4) is 22.8 Å². The van der Waals surface area contributed by atoms with Gasteiger partial charge in [0.1, 0.15) is 29.4 Å². The first-order valence-electron chi connectivity index (χ1n) is 10.0. The predicted molar refractivity (Wildman–Crippen MR) is 123 cm³/mol. The molecule has 5 aromatic rings. The van der Waals surface area contributed by atoms with Gasteiger partial charge in [-0.2, -0.15) is 0 Å². The lowest BCUT2D eigenvalue weighted by molar-refractivity contribution is 0.308. The average molecular weight is 408 g/mol. The Hall–Kier alpha value is -4.05. The van der Waals surface area contributed by atoms with Crippen molar-refractivity contribution in [1.82, 2.24) is 0 Å². The van der Waals surface area contributed by atoms with Crippen LogP contribution in [0.1, 0.15) is 5.56 Å². The van der Waals surface area contributed by atoms with Gasteiger partial charge in [0.2, 0.25) is 0 Å². The van der Waals surface area contributed by atoms with Crippen molar-refractivity contribution in [3.05, 3.63) is 107 Å². The van der Waals surface area contributed by atoms with E-state index in [1.165, 1.54) is 11.5 Å². The summed E-state index contributed by atoms with van der Waals surface area (Å²) >= 11 is 0. The quantitative estimate of drug-likeness (QED) is 0.347. The van der Waals surface area contributed by atoms with Gasteiger partial charge in [-0.3, -0.25) is 4.79 Å². The highest BCUT2D eigenvalue weighted by Crippen LogP contribution is 2.27. The van der Waals surface area contributed by atoms with Gasteiger partial charge in [-0.25, -0.2) is 0 Å². The Morgan fingerprint density at radius 3 is 2.39 bits per heavy atom. The van der Waals surface area contributed by atoms with Crippen molar-refractivity contribution in [3.63, 3.8) is 0 Å². The topological polar surface area (TPSA) is 48.7 Å². The molecule has 5 rings (SSSR count). The number of methoxy groups -OCH3 is 1. The largest absolute Gasteiger partial charge is 0.497 e. The molecule has 1 aromatic heterocycles. The first kappa shape index (κ1) is 18.9. The van der Waals surface area contributed by atoms with Crippen molar-refractivity contribution < 1.29 is 13.9 Å². The third-order valence-corrected chi connectivity index (χ3v) is 5.35. The van der Waals surface area contributed by atoms with E-state index >= 15 is 0 Å². The molecule has 0 spiro atoms. The molecule has 0 bridgehead atoms. The monoisotopic (exact) mass is 408 g/mol. The summed E-state index contributed by atoms with van der Waals surface area (Å²) < 4.78 is 17.2. The summed E-state index contributed by atoms with van der Waals surface area (Å²) in [6.45, 7) is 0.419. The van der Waals surface area contributed by atoms with Gasteiger partial charge >= 0.3 is 0 Å².